The van der Waals surface area contributed by atoms with Crippen LogP contribution in [0.5, 0.6) is 11.5 Å². The Morgan fingerprint density at radius 1 is 1.42 bits per heavy atom. The Bertz CT molecular complexity index is 597. The van der Waals surface area contributed by atoms with E-state index in [-0.39, 0.29) is 24.1 Å². The Morgan fingerprint density at radius 2 is 2.12 bits per heavy atom. The first-order chi connectivity index (χ1) is 11.2. The highest BCUT2D eigenvalue weighted by molar-refractivity contribution is 5.69. The van der Waals surface area contributed by atoms with Gasteiger partial charge in [-0.2, -0.15) is 4.39 Å². The van der Waals surface area contributed by atoms with E-state index in [1.807, 2.05) is 6.92 Å². The van der Waals surface area contributed by atoms with Crippen molar-refractivity contribution in [3.05, 3.63) is 23.5 Å². The van der Waals surface area contributed by atoms with Gasteiger partial charge in [-0.1, -0.05) is 13.3 Å². The number of hydrogen-bond donors (Lipinski definition) is 0. The molecule has 134 valence electrons. The minimum atomic E-state index is -0.587. The molecule has 1 aromatic rings. The van der Waals surface area contributed by atoms with Crippen LogP contribution in [0.2, 0.25) is 0 Å². The quantitative estimate of drug-likeness (QED) is 0.750. The molecule has 1 amide bonds. The Kier molecular flexibility index (Phi) is 5.57. The van der Waals surface area contributed by atoms with E-state index in [1.54, 1.807) is 40.0 Å². The molecule has 1 aliphatic heterocycles. The van der Waals surface area contributed by atoms with Crippen LogP contribution >= 0.6 is 0 Å². The molecule has 2 rings (SSSR count). The highest BCUT2D eigenvalue weighted by atomic mass is 19.1. The number of amides is 1. The van der Waals surface area contributed by atoms with Gasteiger partial charge in [-0.25, -0.2) is 4.79 Å². The second kappa shape index (κ2) is 7.28. The molecule has 0 spiro atoms. The third kappa shape index (κ3) is 4.10. The molecule has 0 aromatic heterocycles. The fourth-order valence-corrected chi connectivity index (χ4v) is 2.43. The molecule has 0 bridgehead atoms. The van der Waals surface area contributed by atoms with Crippen LogP contribution in [0.1, 0.15) is 52.1 Å². The fourth-order valence-electron chi connectivity index (χ4n) is 2.43. The van der Waals surface area contributed by atoms with Gasteiger partial charge in [-0.05, 0) is 39.3 Å². The SMILES string of the molecule is CCCCOc1ccc2c(c1F)OCC2N(C)C(=O)OC(C)(C)C. The summed E-state index contributed by atoms with van der Waals surface area (Å²) in [5, 5.41) is 0. The number of likely N-dealkylation sites (N-methyl/N-ethyl adjacent to an activating group) is 1. The zero-order valence-electron chi connectivity index (χ0n) is 15.0. The van der Waals surface area contributed by atoms with Gasteiger partial charge >= 0.3 is 6.09 Å². The van der Waals surface area contributed by atoms with Gasteiger partial charge < -0.3 is 19.1 Å². The molecular weight excluding hydrogens is 313 g/mol. The van der Waals surface area contributed by atoms with Crippen molar-refractivity contribution >= 4 is 6.09 Å². The average molecular weight is 339 g/mol. The maximum Gasteiger partial charge on any atom is 0.410 e. The van der Waals surface area contributed by atoms with Gasteiger partial charge in [0.2, 0.25) is 5.82 Å². The standard InChI is InChI=1S/C18H26FNO4/c1-6-7-10-22-14-9-8-12-13(11-23-16(12)15(14)19)20(5)17(21)24-18(2,3)4/h8-9,13H,6-7,10-11H2,1-5H3. The minimum absolute atomic E-state index is 0.157. The lowest BCUT2D eigenvalue weighted by atomic mass is 10.1. The Balaban J connectivity index is 2.14. The van der Waals surface area contributed by atoms with Crippen LogP contribution in [0.4, 0.5) is 9.18 Å². The molecule has 1 atom stereocenters. The van der Waals surface area contributed by atoms with Gasteiger partial charge in [-0.15, -0.1) is 0 Å². The molecule has 0 saturated heterocycles. The molecule has 0 saturated carbocycles. The summed E-state index contributed by atoms with van der Waals surface area (Å²) in [5.74, 6) is -0.170. The number of benzene rings is 1. The summed E-state index contributed by atoms with van der Waals surface area (Å²) >= 11 is 0. The summed E-state index contributed by atoms with van der Waals surface area (Å²) in [5.41, 5.74) is 0.0410. The average Bonchev–Trinajstić information content (AvgIpc) is 2.92. The largest absolute Gasteiger partial charge is 0.490 e. The van der Waals surface area contributed by atoms with Crippen LogP contribution in [0.15, 0.2) is 12.1 Å². The van der Waals surface area contributed by atoms with Crippen molar-refractivity contribution < 1.29 is 23.4 Å². The van der Waals surface area contributed by atoms with Crippen LogP contribution < -0.4 is 9.47 Å². The predicted octanol–water partition coefficient (Wildman–Crippen LogP) is 4.31. The first-order valence-electron chi connectivity index (χ1n) is 8.28. The maximum atomic E-state index is 14.5. The monoisotopic (exact) mass is 339 g/mol. The Labute approximate surface area is 142 Å². The lowest BCUT2D eigenvalue weighted by molar-refractivity contribution is 0.0201. The van der Waals surface area contributed by atoms with Crippen LogP contribution in [0, 0.1) is 5.82 Å². The van der Waals surface area contributed by atoms with Crippen molar-refractivity contribution in [2.45, 2.75) is 52.2 Å². The van der Waals surface area contributed by atoms with Crippen molar-refractivity contribution in [1.29, 1.82) is 0 Å². The van der Waals surface area contributed by atoms with E-state index in [0.717, 1.165) is 12.8 Å². The third-order valence-corrected chi connectivity index (χ3v) is 3.74. The number of ether oxygens (including phenoxy) is 3. The smallest absolute Gasteiger partial charge is 0.410 e. The summed E-state index contributed by atoms with van der Waals surface area (Å²) in [7, 11) is 1.63. The highest BCUT2D eigenvalue weighted by Gasteiger charge is 2.35. The number of carbonyl (C=O) groups excluding carboxylic acids is 1. The number of hydrogen-bond acceptors (Lipinski definition) is 4. The number of carbonyl (C=O) groups is 1. The van der Waals surface area contributed by atoms with Crippen molar-refractivity contribution in [3.8, 4) is 11.5 Å². The van der Waals surface area contributed by atoms with Crippen molar-refractivity contribution in [3.63, 3.8) is 0 Å². The van der Waals surface area contributed by atoms with E-state index in [0.29, 0.717) is 12.2 Å². The van der Waals surface area contributed by atoms with Crippen LogP contribution in [0.25, 0.3) is 0 Å². The summed E-state index contributed by atoms with van der Waals surface area (Å²) in [6, 6.07) is 2.96. The summed E-state index contributed by atoms with van der Waals surface area (Å²) < 4.78 is 30.8. The van der Waals surface area contributed by atoms with E-state index in [2.05, 4.69) is 0 Å². The van der Waals surface area contributed by atoms with Gasteiger partial charge in [0.15, 0.2) is 11.5 Å². The second-order valence-corrected chi connectivity index (χ2v) is 6.92. The molecule has 0 aliphatic carbocycles. The van der Waals surface area contributed by atoms with Gasteiger partial charge in [-0.3, -0.25) is 0 Å². The molecule has 1 aliphatic rings. The normalized spacial score (nSPS) is 16.3. The Morgan fingerprint density at radius 3 is 2.75 bits per heavy atom. The van der Waals surface area contributed by atoms with E-state index < -0.39 is 17.5 Å². The summed E-state index contributed by atoms with van der Waals surface area (Å²) in [6.45, 7) is 8.11. The van der Waals surface area contributed by atoms with Gasteiger partial charge in [0.1, 0.15) is 12.2 Å². The number of rotatable bonds is 5. The third-order valence-electron chi connectivity index (χ3n) is 3.74. The molecule has 0 N–H and O–H groups in total. The van der Waals surface area contributed by atoms with Gasteiger partial charge in [0.25, 0.3) is 0 Å². The highest BCUT2D eigenvalue weighted by Crippen LogP contribution is 2.41. The molecule has 1 heterocycles. The van der Waals surface area contributed by atoms with E-state index in [9.17, 15) is 9.18 Å². The molecular formula is C18H26FNO4. The van der Waals surface area contributed by atoms with Crippen LogP contribution in [0.3, 0.4) is 0 Å². The van der Waals surface area contributed by atoms with Crippen LogP contribution in [-0.4, -0.2) is 36.9 Å². The lowest BCUT2D eigenvalue weighted by Gasteiger charge is -2.28. The first-order valence-corrected chi connectivity index (χ1v) is 8.28. The molecule has 24 heavy (non-hydrogen) atoms. The molecule has 5 nitrogen and oxygen atoms in total. The van der Waals surface area contributed by atoms with Crippen molar-refractivity contribution in [1.82, 2.24) is 4.90 Å². The number of fused-ring (bicyclic) bond motifs is 1. The first kappa shape index (κ1) is 18.4. The van der Waals surface area contributed by atoms with E-state index in [1.165, 1.54) is 4.90 Å². The van der Waals surface area contributed by atoms with E-state index in [4.69, 9.17) is 14.2 Å². The molecule has 1 unspecified atom stereocenters. The van der Waals surface area contributed by atoms with Gasteiger partial charge in [0, 0.05) is 12.6 Å². The predicted molar refractivity (Wildman–Crippen MR) is 89.0 cm³/mol. The molecule has 0 radical (unpaired) electrons. The molecule has 1 aromatic carbocycles. The molecule has 0 fully saturated rings. The maximum absolute atomic E-state index is 14.5. The fraction of sp³-hybridized carbons (Fsp3) is 0.611. The van der Waals surface area contributed by atoms with Crippen molar-refractivity contribution in [2.24, 2.45) is 0 Å². The van der Waals surface area contributed by atoms with E-state index >= 15 is 0 Å². The number of unbranched alkanes of at least 4 members (excludes halogenated alkanes) is 1. The minimum Gasteiger partial charge on any atom is -0.490 e. The second-order valence-electron chi connectivity index (χ2n) is 6.92. The number of nitrogens with zero attached hydrogens (tertiary/aromatic N) is 1. The zero-order valence-corrected chi connectivity index (χ0v) is 15.0. The van der Waals surface area contributed by atoms with Gasteiger partial charge in [0.05, 0.1) is 12.6 Å². The topological polar surface area (TPSA) is 48.0 Å². The summed E-state index contributed by atoms with van der Waals surface area (Å²) in [6.07, 6.45) is 1.38. The lowest BCUT2D eigenvalue weighted by Crippen LogP contribution is -2.37. The zero-order chi connectivity index (χ0) is 17.9. The number of halogens is 1. The Hall–Kier alpha value is -1.98. The molecule has 6 heteroatoms. The summed E-state index contributed by atoms with van der Waals surface area (Å²) in [4.78, 5) is 13.7. The van der Waals surface area contributed by atoms with Crippen molar-refractivity contribution in [2.75, 3.05) is 20.3 Å². The van der Waals surface area contributed by atoms with Crippen LogP contribution in [-0.2, 0) is 4.74 Å².